The minimum absolute atomic E-state index is 0.293. The summed E-state index contributed by atoms with van der Waals surface area (Å²) < 4.78 is 32.6. The van der Waals surface area contributed by atoms with E-state index in [2.05, 4.69) is 0 Å². The van der Waals surface area contributed by atoms with Gasteiger partial charge in [-0.2, -0.15) is 0 Å². The van der Waals surface area contributed by atoms with Crippen LogP contribution in [-0.2, 0) is 0 Å². The van der Waals surface area contributed by atoms with E-state index in [0.717, 1.165) is 22.3 Å². The fourth-order valence-corrected chi connectivity index (χ4v) is 2.80. The van der Waals surface area contributed by atoms with Gasteiger partial charge in [0.15, 0.2) is 0 Å². The molecule has 0 unspecified atom stereocenters. The molecule has 0 radical (unpaired) electrons. The molecule has 1 aromatic heterocycles. The molecule has 3 heteroatoms. The highest BCUT2D eigenvalue weighted by atomic mass is 19.1. The summed E-state index contributed by atoms with van der Waals surface area (Å²) in [5.41, 5.74) is 3.39. The van der Waals surface area contributed by atoms with E-state index in [0.29, 0.717) is 11.5 Å². The minimum Gasteiger partial charge on any atom is -0.455 e. The van der Waals surface area contributed by atoms with Gasteiger partial charge in [0.2, 0.25) is 0 Å². The van der Waals surface area contributed by atoms with E-state index in [4.69, 9.17) is 4.42 Å². The lowest BCUT2D eigenvalue weighted by Gasteiger charge is -2.03. The predicted molar refractivity (Wildman–Crippen MR) is 94.9 cm³/mol. The summed E-state index contributed by atoms with van der Waals surface area (Å²) in [7, 11) is 0. The Labute approximate surface area is 144 Å². The van der Waals surface area contributed by atoms with Gasteiger partial charge in [-0.1, -0.05) is 42.5 Å². The summed E-state index contributed by atoms with van der Waals surface area (Å²) in [6, 6.07) is 24.1. The monoisotopic (exact) mass is 332 g/mol. The van der Waals surface area contributed by atoms with Gasteiger partial charge in [-0.25, -0.2) is 8.78 Å². The molecule has 0 aliphatic heterocycles. The standard InChI is InChI=1S/C22H14F2O/c23-18-10-6-15(7-11-18)20-14-21(16-4-2-1-3-5-16)25-22(20)17-8-12-19(24)13-9-17/h1-14H. The topological polar surface area (TPSA) is 13.1 Å². The van der Waals surface area contributed by atoms with Gasteiger partial charge in [0.1, 0.15) is 23.2 Å². The fraction of sp³-hybridized carbons (Fsp3) is 0. The Morgan fingerprint density at radius 2 is 1.12 bits per heavy atom. The Morgan fingerprint density at radius 1 is 0.560 bits per heavy atom. The summed E-state index contributed by atoms with van der Waals surface area (Å²) in [6.07, 6.45) is 0. The van der Waals surface area contributed by atoms with Crippen molar-refractivity contribution >= 4 is 0 Å². The lowest BCUT2D eigenvalue weighted by Crippen LogP contribution is -1.82. The maximum atomic E-state index is 13.3. The molecule has 25 heavy (non-hydrogen) atoms. The van der Waals surface area contributed by atoms with E-state index in [-0.39, 0.29) is 11.6 Å². The zero-order valence-corrected chi connectivity index (χ0v) is 13.2. The highest BCUT2D eigenvalue weighted by Gasteiger charge is 2.16. The van der Waals surface area contributed by atoms with Crippen molar-refractivity contribution in [1.29, 1.82) is 0 Å². The van der Waals surface area contributed by atoms with Gasteiger partial charge >= 0.3 is 0 Å². The third-order valence-electron chi connectivity index (χ3n) is 4.05. The maximum absolute atomic E-state index is 13.3. The largest absolute Gasteiger partial charge is 0.455 e. The molecule has 0 bridgehead atoms. The van der Waals surface area contributed by atoms with Gasteiger partial charge in [0.25, 0.3) is 0 Å². The van der Waals surface area contributed by atoms with Crippen molar-refractivity contribution in [3.8, 4) is 33.8 Å². The molecule has 1 heterocycles. The molecule has 0 amide bonds. The Balaban J connectivity index is 1.89. The molecule has 3 aromatic carbocycles. The zero-order chi connectivity index (χ0) is 17.2. The van der Waals surface area contributed by atoms with Crippen LogP contribution >= 0.6 is 0 Å². The van der Waals surface area contributed by atoms with E-state index in [1.807, 2.05) is 36.4 Å². The zero-order valence-electron chi connectivity index (χ0n) is 13.2. The van der Waals surface area contributed by atoms with Gasteiger partial charge in [0, 0.05) is 16.7 Å². The third kappa shape index (κ3) is 3.09. The normalized spacial score (nSPS) is 10.8. The van der Waals surface area contributed by atoms with Gasteiger partial charge in [-0.15, -0.1) is 0 Å². The second kappa shape index (κ2) is 6.36. The second-order valence-electron chi connectivity index (χ2n) is 5.73. The first kappa shape index (κ1) is 15.3. The van der Waals surface area contributed by atoms with Gasteiger partial charge in [-0.3, -0.25) is 0 Å². The van der Waals surface area contributed by atoms with Crippen LogP contribution in [-0.4, -0.2) is 0 Å². The summed E-state index contributed by atoms with van der Waals surface area (Å²) in [6.45, 7) is 0. The predicted octanol–water partition coefficient (Wildman–Crippen LogP) is 6.56. The van der Waals surface area contributed by atoms with Crippen molar-refractivity contribution in [2.24, 2.45) is 0 Å². The average molecular weight is 332 g/mol. The number of rotatable bonds is 3. The van der Waals surface area contributed by atoms with E-state index < -0.39 is 0 Å². The van der Waals surface area contributed by atoms with Crippen molar-refractivity contribution in [3.63, 3.8) is 0 Å². The highest BCUT2D eigenvalue weighted by molar-refractivity contribution is 5.83. The quantitative estimate of drug-likeness (QED) is 0.414. The Kier molecular flexibility index (Phi) is 3.90. The van der Waals surface area contributed by atoms with Crippen molar-refractivity contribution < 1.29 is 13.2 Å². The van der Waals surface area contributed by atoms with Crippen LogP contribution in [0.15, 0.2) is 89.3 Å². The van der Waals surface area contributed by atoms with Crippen molar-refractivity contribution in [3.05, 3.63) is 96.6 Å². The van der Waals surface area contributed by atoms with Crippen LogP contribution < -0.4 is 0 Å². The lowest BCUT2D eigenvalue weighted by molar-refractivity contribution is 0.597. The van der Waals surface area contributed by atoms with Crippen LogP contribution in [0.2, 0.25) is 0 Å². The third-order valence-corrected chi connectivity index (χ3v) is 4.05. The molecule has 0 spiro atoms. The number of furan rings is 1. The first-order valence-corrected chi connectivity index (χ1v) is 7.92. The second-order valence-corrected chi connectivity index (χ2v) is 5.73. The molecule has 0 aliphatic carbocycles. The SMILES string of the molecule is Fc1ccc(-c2cc(-c3ccccc3)oc2-c2ccc(F)cc2)cc1. The van der Waals surface area contributed by atoms with E-state index >= 15 is 0 Å². The smallest absolute Gasteiger partial charge is 0.142 e. The van der Waals surface area contributed by atoms with E-state index in [1.165, 1.54) is 24.3 Å². The lowest BCUT2D eigenvalue weighted by atomic mass is 10.0. The fourth-order valence-electron chi connectivity index (χ4n) is 2.80. The van der Waals surface area contributed by atoms with Crippen LogP contribution in [0.4, 0.5) is 8.78 Å². The Hall–Kier alpha value is -3.20. The Bertz CT molecular complexity index is 922. The Morgan fingerprint density at radius 3 is 1.72 bits per heavy atom. The van der Waals surface area contributed by atoms with E-state index in [1.54, 1.807) is 24.3 Å². The molecule has 0 fully saturated rings. The molecule has 122 valence electrons. The number of hydrogen-bond acceptors (Lipinski definition) is 1. The molecule has 0 saturated heterocycles. The summed E-state index contributed by atoms with van der Waals surface area (Å²) >= 11 is 0. The molecule has 0 aliphatic rings. The van der Waals surface area contributed by atoms with Crippen LogP contribution in [0, 0.1) is 11.6 Å². The van der Waals surface area contributed by atoms with Gasteiger partial charge < -0.3 is 4.42 Å². The first-order chi connectivity index (χ1) is 12.2. The van der Waals surface area contributed by atoms with Crippen molar-refractivity contribution in [1.82, 2.24) is 0 Å². The van der Waals surface area contributed by atoms with E-state index in [9.17, 15) is 8.78 Å². The number of hydrogen-bond donors (Lipinski definition) is 0. The molecule has 0 saturated carbocycles. The van der Waals surface area contributed by atoms with Crippen molar-refractivity contribution in [2.45, 2.75) is 0 Å². The molecular weight excluding hydrogens is 318 g/mol. The average Bonchev–Trinajstić information content (AvgIpc) is 3.09. The van der Waals surface area contributed by atoms with Crippen LogP contribution in [0.25, 0.3) is 33.8 Å². The van der Waals surface area contributed by atoms with Crippen LogP contribution in [0.3, 0.4) is 0 Å². The molecule has 1 nitrogen and oxygen atoms in total. The summed E-state index contributed by atoms with van der Waals surface area (Å²) in [5, 5.41) is 0. The minimum atomic E-state index is -0.304. The highest BCUT2D eigenvalue weighted by Crippen LogP contribution is 2.38. The van der Waals surface area contributed by atoms with Crippen molar-refractivity contribution in [2.75, 3.05) is 0 Å². The summed E-state index contributed by atoms with van der Waals surface area (Å²) in [5.74, 6) is 0.741. The van der Waals surface area contributed by atoms with Gasteiger partial charge in [0.05, 0.1) is 0 Å². The molecule has 4 aromatic rings. The first-order valence-electron chi connectivity index (χ1n) is 7.92. The molecule has 0 N–H and O–H groups in total. The number of benzene rings is 3. The number of halogens is 2. The van der Waals surface area contributed by atoms with Crippen LogP contribution in [0.1, 0.15) is 0 Å². The molecular formula is C22H14F2O. The summed E-state index contributed by atoms with van der Waals surface area (Å²) in [4.78, 5) is 0. The maximum Gasteiger partial charge on any atom is 0.142 e. The molecule has 0 atom stereocenters. The van der Waals surface area contributed by atoms with Crippen LogP contribution in [0.5, 0.6) is 0 Å². The molecule has 4 rings (SSSR count). The van der Waals surface area contributed by atoms with Gasteiger partial charge in [-0.05, 0) is 48.0 Å².